The first-order chi connectivity index (χ1) is 14.0. The molecule has 3 N–H and O–H groups in total. The largest absolute Gasteiger partial charge is 0.504 e. The van der Waals surface area contributed by atoms with E-state index in [1.165, 1.54) is 12.3 Å². The summed E-state index contributed by atoms with van der Waals surface area (Å²) in [5.74, 6) is -0.00922. The lowest BCUT2D eigenvalue weighted by molar-refractivity contribution is -0.121. The summed E-state index contributed by atoms with van der Waals surface area (Å²) < 4.78 is 10.2. The van der Waals surface area contributed by atoms with Crippen molar-refractivity contribution >= 4 is 18.2 Å². The Hall–Kier alpha value is -3.55. The molecule has 0 aliphatic carbocycles. The van der Waals surface area contributed by atoms with Gasteiger partial charge in [-0.3, -0.25) is 4.79 Å². The molecule has 2 aromatic rings. The Kier molecular flexibility index (Phi) is 8.50. The molecule has 0 aromatic heterocycles. The summed E-state index contributed by atoms with van der Waals surface area (Å²) >= 11 is 0. The molecule has 0 saturated heterocycles. The molecule has 1 atom stereocenters. The van der Waals surface area contributed by atoms with Crippen molar-refractivity contribution in [2.24, 2.45) is 5.10 Å². The predicted molar refractivity (Wildman–Crippen MR) is 109 cm³/mol. The Balaban J connectivity index is 1.99. The highest BCUT2D eigenvalue weighted by Gasteiger charge is 2.18. The maximum atomic E-state index is 12.3. The first-order valence-corrected chi connectivity index (χ1v) is 9.29. The van der Waals surface area contributed by atoms with Crippen LogP contribution in [0.15, 0.2) is 53.6 Å². The molecule has 0 aliphatic rings. The zero-order valence-electron chi connectivity index (χ0n) is 16.4. The van der Waals surface area contributed by atoms with E-state index in [4.69, 9.17) is 9.47 Å². The lowest BCUT2D eigenvalue weighted by Gasteiger charge is -2.18. The normalized spacial score (nSPS) is 11.7. The SMILES string of the molecule is CCOC(=O)N[C@@H](CC(=O)N/N=C\c1ccc(O)c(OCC)c1)c1ccccc1. The van der Waals surface area contributed by atoms with Crippen molar-refractivity contribution < 1.29 is 24.2 Å². The van der Waals surface area contributed by atoms with Crippen LogP contribution in [0.4, 0.5) is 4.79 Å². The Labute approximate surface area is 169 Å². The van der Waals surface area contributed by atoms with Gasteiger partial charge in [-0.1, -0.05) is 30.3 Å². The maximum Gasteiger partial charge on any atom is 0.407 e. The molecule has 8 heteroatoms. The molecule has 2 aromatic carbocycles. The molecule has 2 rings (SSSR count). The average molecular weight is 399 g/mol. The smallest absolute Gasteiger partial charge is 0.407 e. The minimum atomic E-state index is -0.592. The lowest BCUT2D eigenvalue weighted by Crippen LogP contribution is -2.33. The van der Waals surface area contributed by atoms with Gasteiger partial charge in [-0.05, 0) is 43.2 Å². The number of hydrogen-bond donors (Lipinski definition) is 3. The molecule has 0 fully saturated rings. The van der Waals surface area contributed by atoms with E-state index in [0.717, 1.165) is 5.56 Å². The highest BCUT2D eigenvalue weighted by molar-refractivity contribution is 5.83. The number of aromatic hydroxyl groups is 1. The number of benzene rings is 2. The third-order valence-electron chi connectivity index (χ3n) is 3.85. The van der Waals surface area contributed by atoms with Crippen molar-refractivity contribution in [3.05, 3.63) is 59.7 Å². The van der Waals surface area contributed by atoms with Gasteiger partial charge in [-0.25, -0.2) is 10.2 Å². The number of hydrogen-bond acceptors (Lipinski definition) is 6. The quantitative estimate of drug-likeness (QED) is 0.443. The van der Waals surface area contributed by atoms with Crippen LogP contribution < -0.4 is 15.5 Å². The highest BCUT2D eigenvalue weighted by Crippen LogP contribution is 2.26. The maximum absolute atomic E-state index is 12.3. The Bertz CT molecular complexity index is 839. The highest BCUT2D eigenvalue weighted by atomic mass is 16.5. The monoisotopic (exact) mass is 399 g/mol. The number of ether oxygens (including phenoxy) is 2. The van der Waals surface area contributed by atoms with Crippen molar-refractivity contribution in [1.29, 1.82) is 0 Å². The van der Waals surface area contributed by atoms with E-state index >= 15 is 0 Å². The molecular weight excluding hydrogens is 374 g/mol. The third kappa shape index (κ3) is 7.17. The fourth-order valence-corrected chi connectivity index (χ4v) is 2.54. The summed E-state index contributed by atoms with van der Waals surface area (Å²) in [6.07, 6.45) is 0.834. The van der Waals surface area contributed by atoms with Gasteiger partial charge in [0, 0.05) is 0 Å². The zero-order valence-corrected chi connectivity index (χ0v) is 16.4. The van der Waals surface area contributed by atoms with E-state index in [0.29, 0.717) is 17.9 Å². The van der Waals surface area contributed by atoms with Crippen molar-refractivity contribution in [2.45, 2.75) is 26.3 Å². The molecule has 2 amide bonds. The minimum absolute atomic E-state index is 0.0139. The van der Waals surface area contributed by atoms with Crippen molar-refractivity contribution in [3.8, 4) is 11.5 Å². The minimum Gasteiger partial charge on any atom is -0.504 e. The van der Waals surface area contributed by atoms with E-state index in [1.807, 2.05) is 37.3 Å². The van der Waals surface area contributed by atoms with Crippen LogP contribution in [0.25, 0.3) is 0 Å². The molecular formula is C21H25N3O5. The number of alkyl carbamates (subject to hydrolysis) is 1. The van der Waals surface area contributed by atoms with E-state index in [-0.39, 0.29) is 24.7 Å². The van der Waals surface area contributed by atoms with Gasteiger partial charge in [0.25, 0.3) is 0 Å². The number of phenolic OH excluding ortho intramolecular Hbond substituents is 1. The summed E-state index contributed by atoms with van der Waals surface area (Å²) in [7, 11) is 0. The molecule has 8 nitrogen and oxygen atoms in total. The van der Waals surface area contributed by atoms with E-state index in [9.17, 15) is 14.7 Å². The zero-order chi connectivity index (χ0) is 21.1. The van der Waals surface area contributed by atoms with Gasteiger partial charge in [0.2, 0.25) is 5.91 Å². The van der Waals surface area contributed by atoms with Crippen LogP contribution in [0, 0.1) is 0 Å². The van der Waals surface area contributed by atoms with Gasteiger partial charge in [-0.15, -0.1) is 0 Å². The van der Waals surface area contributed by atoms with Crippen LogP contribution in [-0.2, 0) is 9.53 Å². The number of phenols is 1. The molecule has 0 radical (unpaired) electrons. The number of carbonyl (C=O) groups is 2. The molecule has 0 bridgehead atoms. The number of amides is 2. The van der Waals surface area contributed by atoms with Crippen LogP contribution in [-0.4, -0.2) is 36.5 Å². The van der Waals surface area contributed by atoms with Gasteiger partial charge < -0.3 is 19.9 Å². The van der Waals surface area contributed by atoms with Crippen LogP contribution in [0.5, 0.6) is 11.5 Å². The number of hydrazone groups is 1. The van der Waals surface area contributed by atoms with Gasteiger partial charge in [-0.2, -0.15) is 5.10 Å². The van der Waals surface area contributed by atoms with Gasteiger partial charge >= 0.3 is 6.09 Å². The molecule has 0 saturated carbocycles. The first-order valence-electron chi connectivity index (χ1n) is 9.29. The molecule has 0 heterocycles. The number of rotatable bonds is 9. The van der Waals surface area contributed by atoms with Crippen LogP contribution in [0.1, 0.15) is 37.4 Å². The summed E-state index contributed by atoms with van der Waals surface area (Å²) in [6.45, 7) is 4.17. The summed E-state index contributed by atoms with van der Waals surface area (Å²) in [4.78, 5) is 24.1. The van der Waals surface area contributed by atoms with Crippen LogP contribution in [0.3, 0.4) is 0 Å². The van der Waals surface area contributed by atoms with Crippen molar-refractivity contribution in [3.63, 3.8) is 0 Å². The Morgan fingerprint density at radius 3 is 2.59 bits per heavy atom. The number of carbonyl (C=O) groups excluding carboxylic acids is 2. The van der Waals surface area contributed by atoms with E-state index < -0.39 is 12.1 Å². The van der Waals surface area contributed by atoms with Gasteiger partial charge in [0.05, 0.1) is 31.9 Å². The van der Waals surface area contributed by atoms with Crippen LogP contribution in [0.2, 0.25) is 0 Å². The van der Waals surface area contributed by atoms with Crippen LogP contribution >= 0.6 is 0 Å². The average Bonchev–Trinajstić information content (AvgIpc) is 2.71. The summed E-state index contributed by atoms with van der Waals surface area (Å²) in [5, 5.41) is 16.3. The lowest BCUT2D eigenvalue weighted by atomic mass is 10.0. The summed E-state index contributed by atoms with van der Waals surface area (Å²) in [6, 6.07) is 13.3. The fraction of sp³-hybridized carbons (Fsp3) is 0.286. The molecule has 0 spiro atoms. The second kappa shape index (κ2) is 11.3. The first kappa shape index (κ1) is 21.7. The topological polar surface area (TPSA) is 109 Å². The van der Waals surface area contributed by atoms with Gasteiger partial charge in [0.15, 0.2) is 11.5 Å². The third-order valence-corrected chi connectivity index (χ3v) is 3.85. The molecule has 154 valence electrons. The second-order valence-electron chi connectivity index (χ2n) is 5.99. The van der Waals surface area contributed by atoms with E-state index in [2.05, 4.69) is 15.8 Å². The Morgan fingerprint density at radius 1 is 1.14 bits per heavy atom. The fourth-order valence-electron chi connectivity index (χ4n) is 2.54. The molecule has 0 aliphatic heterocycles. The standard InChI is InChI=1S/C21H25N3O5/c1-3-28-19-12-15(10-11-18(19)25)14-22-24-20(26)13-17(23-21(27)29-4-2)16-8-6-5-7-9-16/h5-12,14,17,25H,3-4,13H2,1-2H3,(H,23,27)(H,24,26)/b22-14-/t17-/m0/s1. The molecule has 0 unspecified atom stereocenters. The molecule has 29 heavy (non-hydrogen) atoms. The van der Waals surface area contributed by atoms with E-state index in [1.54, 1.807) is 19.1 Å². The van der Waals surface area contributed by atoms with Crippen molar-refractivity contribution in [1.82, 2.24) is 10.7 Å². The second-order valence-corrected chi connectivity index (χ2v) is 5.99. The summed E-state index contributed by atoms with van der Waals surface area (Å²) in [5.41, 5.74) is 3.86. The number of nitrogens with zero attached hydrogens (tertiary/aromatic N) is 1. The van der Waals surface area contributed by atoms with Crippen molar-refractivity contribution in [2.75, 3.05) is 13.2 Å². The Morgan fingerprint density at radius 2 is 1.90 bits per heavy atom. The predicted octanol–water partition coefficient (Wildman–Crippen LogP) is 3.12. The number of nitrogens with one attached hydrogen (secondary N) is 2. The van der Waals surface area contributed by atoms with Gasteiger partial charge in [0.1, 0.15) is 0 Å².